The Bertz CT molecular complexity index is 687. The van der Waals surface area contributed by atoms with Gasteiger partial charge in [0.25, 0.3) is 7.37 Å². The number of benzene rings is 1. The van der Waals surface area contributed by atoms with Gasteiger partial charge in [-0.3, -0.25) is 9.55 Å². The number of pyridine rings is 1. The second-order valence-electron chi connectivity index (χ2n) is 6.33. The van der Waals surface area contributed by atoms with Crippen molar-refractivity contribution in [2.45, 2.75) is 19.7 Å². The third-order valence-electron chi connectivity index (χ3n) is 3.60. The summed E-state index contributed by atoms with van der Waals surface area (Å²) in [6.07, 6.45) is 1.57. The molecule has 24 heavy (non-hydrogen) atoms. The minimum atomic E-state index is -3.51. The Hall–Kier alpha value is -1.68. The number of hydrogen-bond acceptors (Lipinski definition) is 5. The Labute approximate surface area is 143 Å². The minimum absolute atomic E-state index is 0.204. The zero-order valence-electron chi connectivity index (χ0n) is 14.6. The van der Waals surface area contributed by atoms with Gasteiger partial charge in [0.05, 0.1) is 12.3 Å². The summed E-state index contributed by atoms with van der Waals surface area (Å²) in [6.45, 7) is 4.26. The number of nitrogens with zero attached hydrogens (tertiary/aromatic N) is 2. The first-order chi connectivity index (χ1) is 11.3. The normalized spacial score (nSPS) is 15.1. The average molecular weight is 348 g/mol. The van der Waals surface area contributed by atoms with Crippen molar-refractivity contribution in [1.82, 2.24) is 4.98 Å². The summed E-state index contributed by atoms with van der Waals surface area (Å²) >= 11 is 0. The highest BCUT2D eigenvalue weighted by Crippen LogP contribution is 2.57. The molecule has 0 bridgehead atoms. The molecule has 1 heterocycles. The summed E-state index contributed by atoms with van der Waals surface area (Å²) in [5, 5.41) is 11.2. The van der Waals surface area contributed by atoms with Crippen molar-refractivity contribution in [2.75, 3.05) is 25.6 Å². The first kappa shape index (κ1) is 18.7. The SMILES string of the molecule is CC(C)CO[P@](=O)(c1ccc(N(C)C)cc1)[C@@H](O)c1ccccn1. The topological polar surface area (TPSA) is 62.7 Å². The Morgan fingerprint density at radius 3 is 2.33 bits per heavy atom. The summed E-state index contributed by atoms with van der Waals surface area (Å²) in [4.78, 5) is 6.09. The smallest absolute Gasteiger partial charge is 0.265 e. The summed E-state index contributed by atoms with van der Waals surface area (Å²) in [6, 6.07) is 12.4. The molecule has 130 valence electrons. The number of aliphatic hydroxyl groups is 1. The van der Waals surface area contributed by atoms with E-state index in [1.807, 2.05) is 45.0 Å². The number of hydrogen-bond donors (Lipinski definition) is 1. The van der Waals surface area contributed by atoms with Crippen molar-refractivity contribution in [1.29, 1.82) is 0 Å². The predicted molar refractivity (Wildman–Crippen MR) is 98.0 cm³/mol. The molecule has 2 atom stereocenters. The molecule has 6 heteroatoms. The molecule has 0 saturated heterocycles. The van der Waals surface area contributed by atoms with Crippen LogP contribution in [0.2, 0.25) is 0 Å². The zero-order valence-corrected chi connectivity index (χ0v) is 15.5. The van der Waals surface area contributed by atoms with Crippen LogP contribution < -0.4 is 10.2 Å². The highest BCUT2D eigenvalue weighted by molar-refractivity contribution is 7.67. The fraction of sp³-hybridized carbons (Fsp3) is 0.389. The molecule has 1 aromatic heterocycles. The molecule has 1 aromatic carbocycles. The van der Waals surface area contributed by atoms with Crippen molar-refractivity contribution in [3.05, 3.63) is 54.4 Å². The molecule has 2 rings (SSSR count). The molecular formula is C18H25N2O3P. The van der Waals surface area contributed by atoms with Crippen LogP contribution in [-0.4, -0.2) is 30.8 Å². The van der Waals surface area contributed by atoms with E-state index in [0.29, 0.717) is 17.6 Å². The second kappa shape index (κ2) is 7.93. The van der Waals surface area contributed by atoms with Gasteiger partial charge in [-0.2, -0.15) is 0 Å². The molecule has 0 aliphatic carbocycles. The van der Waals surface area contributed by atoms with Crippen LogP contribution in [0.3, 0.4) is 0 Å². The van der Waals surface area contributed by atoms with Crippen molar-refractivity contribution in [3.63, 3.8) is 0 Å². The van der Waals surface area contributed by atoms with Crippen LogP contribution in [0.5, 0.6) is 0 Å². The molecule has 5 nitrogen and oxygen atoms in total. The molecular weight excluding hydrogens is 323 g/mol. The van der Waals surface area contributed by atoms with Gasteiger partial charge in [-0.25, -0.2) is 0 Å². The molecule has 0 radical (unpaired) electrons. The summed E-state index contributed by atoms with van der Waals surface area (Å²) in [5.74, 6) is -1.09. The lowest BCUT2D eigenvalue weighted by Crippen LogP contribution is -2.18. The zero-order chi connectivity index (χ0) is 17.7. The Morgan fingerprint density at radius 2 is 1.83 bits per heavy atom. The van der Waals surface area contributed by atoms with Crippen LogP contribution in [0.25, 0.3) is 0 Å². The maximum atomic E-state index is 13.6. The highest BCUT2D eigenvalue weighted by Gasteiger charge is 2.37. The first-order valence-electron chi connectivity index (χ1n) is 7.96. The molecule has 0 fully saturated rings. The Balaban J connectivity index is 2.41. The summed E-state index contributed by atoms with van der Waals surface area (Å²) in [5.41, 5.74) is 1.34. The molecule has 0 aliphatic heterocycles. The van der Waals surface area contributed by atoms with Gasteiger partial charge in [0.1, 0.15) is 0 Å². The van der Waals surface area contributed by atoms with Gasteiger partial charge in [0.2, 0.25) is 0 Å². The van der Waals surface area contributed by atoms with Crippen molar-refractivity contribution < 1.29 is 14.2 Å². The van der Waals surface area contributed by atoms with Gasteiger partial charge < -0.3 is 14.5 Å². The quantitative estimate of drug-likeness (QED) is 0.777. The Kier molecular flexibility index (Phi) is 6.16. The first-order valence-corrected chi connectivity index (χ1v) is 9.65. The van der Waals surface area contributed by atoms with E-state index in [1.54, 1.807) is 36.5 Å². The fourth-order valence-corrected chi connectivity index (χ4v) is 4.37. The molecule has 0 aliphatic rings. The van der Waals surface area contributed by atoms with Gasteiger partial charge in [0.15, 0.2) is 5.85 Å². The number of aliphatic hydroxyl groups excluding tert-OH is 1. The maximum absolute atomic E-state index is 13.6. The number of anilines is 1. The average Bonchev–Trinajstić information content (AvgIpc) is 2.59. The largest absolute Gasteiger partial charge is 0.378 e. The molecule has 0 amide bonds. The van der Waals surface area contributed by atoms with E-state index in [9.17, 15) is 9.67 Å². The van der Waals surface area contributed by atoms with Crippen LogP contribution in [0.4, 0.5) is 5.69 Å². The summed E-state index contributed by atoms with van der Waals surface area (Å²) in [7, 11) is 0.360. The van der Waals surface area contributed by atoms with Crippen LogP contribution in [0.15, 0.2) is 48.7 Å². The van der Waals surface area contributed by atoms with Gasteiger partial charge in [-0.1, -0.05) is 19.9 Å². The third-order valence-corrected chi connectivity index (χ3v) is 6.06. The van der Waals surface area contributed by atoms with Crippen LogP contribution in [-0.2, 0) is 9.09 Å². The molecule has 0 saturated carbocycles. The number of rotatable bonds is 7. The molecule has 0 spiro atoms. The lowest BCUT2D eigenvalue weighted by Gasteiger charge is -2.25. The maximum Gasteiger partial charge on any atom is 0.265 e. The standard InChI is InChI=1S/C18H25N2O3P/c1-14(2)13-23-24(22,18(21)17-7-5-6-12-19-17)16-10-8-15(9-11-16)20(3)4/h5-12,14,18,21H,13H2,1-4H3/t18-,24-/m1/s1. The van der Waals surface area contributed by atoms with E-state index in [1.165, 1.54) is 0 Å². The third kappa shape index (κ3) is 4.23. The van der Waals surface area contributed by atoms with E-state index in [-0.39, 0.29) is 5.92 Å². The molecule has 1 N–H and O–H groups in total. The second-order valence-corrected chi connectivity index (χ2v) is 8.78. The molecule has 0 unspecified atom stereocenters. The van der Waals surface area contributed by atoms with Gasteiger partial charge in [-0.05, 0) is 42.3 Å². The highest BCUT2D eigenvalue weighted by atomic mass is 31.2. The van der Waals surface area contributed by atoms with Crippen molar-refractivity contribution in [2.24, 2.45) is 5.92 Å². The number of aromatic nitrogens is 1. The van der Waals surface area contributed by atoms with Crippen molar-refractivity contribution >= 4 is 18.4 Å². The van der Waals surface area contributed by atoms with E-state index >= 15 is 0 Å². The van der Waals surface area contributed by atoms with Crippen LogP contribution in [0.1, 0.15) is 25.4 Å². The lowest BCUT2D eigenvalue weighted by molar-refractivity contribution is 0.200. The van der Waals surface area contributed by atoms with Gasteiger partial charge in [0, 0.05) is 31.3 Å². The summed E-state index contributed by atoms with van der Waals surface area (Å²) < 4.78 is 19.3. The van der Waals surface area contributed by atoms with Gasteiger partial charge in [-0.15, -0.1) is 0 Å². The van der Waals surface area contributed by atoms with E-state index < -0.39 is 13.2 Å². The monoisotopic (exact) mass is 348 g/mol. The van der Waals surface area contributed by atoms with E-state index in [4.69, 9.17) is 4.52 Å². The van der Waals surface area contributed by atoms with Gasteiger partial charge >= 0.3 is 0 Å². The van der Waals surface area contributed by atoms with Crippen molar-refractivity contribution in [3.8, 4) is 0 Å². The molecule has 2 aromatic rings. The predicted octanol–water partition coefficient (Wildman–Crippen LogP) is 3.41. The Morgan fingerprint density at radius 1 is 1.17 bits per heavy atom. The van der Waals surface area contributed by atoms with Crippen LogP contribution >= 0.6 is 7.37 Å². The van der Waals surface area contributed by atoms with E-state index in [2.05, 4.69) is 4.98 Å². The van der Waals surface area contributed by atoms with Crippen LogP contribution in [0, 0.1) is 5.92 Å². The minimum Gasteiger partial charge on any atom is -0.378 e. The lowest BCUT2D eigenvalue weighted by atomic mass is 10.2. The van der Waals surface area contributed by atoms with E-state index in [0.717, 1.165) is 5.69 Å². The fourth-order valence-electron chi connectivity index (χ4n) is 2.21.